The highest BCUT2D eigenvalue weighted by atomic mass is 19.1. The third-order valence-electron chi connectivity index (χ3n) is 3.15. The Labute approximate surface area is 120 Å². The van der Waals surface area contributed by atoms with Crippen molar-refractivity contribution >= 4 is 0 Å². The van der Waals surface area contributed by atoms with Crippen LogP contribution in [0.4, 0.5) is 4.39 Å². The maximum Gasteiger partial charge on any atom is 0.127 e. The lowest BCUT2D eigenvalue weighted by Gasteiger charge is -2.19. The van der Waals surface area contributed by atoms with Crippen LogP contribution in [0.15, 0.2) is 48.5 Å². The number of halogens is 1. The fraction of sp³-hybridized carbons (Fsp3) is 0.333. The van der Waals surface area contributed by atoms with E-state index in [1.165, 1.54) is 12.1 Å². The molecule has 0 aromatic heterocycles. The van der Waals surface area contributed by atoms with Gasteiger partial charge in [-0.1, -0.05) is 51.1 Å². The molecule has 0 bridgehead atoms. The molecule has 2 aromatic rings. The predicted molar refractivity (Wildman–Crippen MR) is 81.4 cm³/mol. The van der Waals surface area contributed by atoms with Crippen molar-refractivity contribution < 1.29 is 9.13 Å². The Bertz CT molecular complexity index is 552. The van der Waals surface area contributed by atoms with Gasteiger partial charge in [0.25, 0.3) is 0 Å². The highest BCUT2D eigenvalue weighted by molar-refractivity contribution is 5.70. The Kier molecular flexibility index (Phi) is 4.43. The molecule has 0 saturated carbocycles. The summed E-state index contributed by atoms with van der Waals surface area (Å²) in [5.41, 5.74) is 2.23. The van der Waals surface area contributed by atoms with Gasteiger partial charge >= 0.3 is 0 Å². The molecule has 0 N–H and O–H groups in total. The van der Waals surface area contributed by atoms with Gasteiger partial charge in [-0.2, -0.15) is 0 Å². The summed E-state index contributed by atoms with van der Waals surface area (Å²) in [6, 6.07) is 14.4. The fourth-order valence-corrected chi connectivity index (χ4v) is 1.93. The summed E-state index contributed by atoms with van der Waals surface area (Å²) in [4.78, 5) is 0. The van der Waals surface area contributed by atoms with Crippen LogP contribution in [0.3, 0.4) is 0 Å². The van der Waals surface area contributed by atoms with Crippen molar-refractivity contribution in [2.75, 3.05) is 6.61 Å². The SMILES string of the molecule is CC(C)(C)CCOc1ccccc1-c1ccc(F)cc1. The van der Waals surface area contributed by atoms with Gasteiger partial charge in [-0.15, -0.1) is 0 Å². The third-order valence-corrected chi connectivity index (χ3v) is 3.15. The summed E-state index contributed by atoms with van der Waals surface area (Å²) < 4.78 is 18.9. The van der Waals surface area contributed by atoms with Crippen molar-refractivity contribution in [3.05, 3.63) is 54.3 Å². The molecule has 2 rings (SSSR count). The molecule has 2 heteroatoms. The zero-order chi connectivity index (χ0) is 14.6. The molecule has 0 unspecified atom stereocenters. The number of hydrogen-bond acceptors (Lipinski definition) is 1. The van der Waals surface area contributed by atoms with Crippen molar-refractivity contribution in [3.8, 4) is 16.9 Å². The molecule has 0 aliphatic heterocycles. The number of para-hydroxylation sites is 1. The quantitative estimate of drug-likeness (QED) is 0.733. The largest absolute Gasteiger partial charge is 0.493 e. The Balaban J connectivity index is 2.16. The highest BCUT2D eigenvalue weighted by Crippen LogP contribution is 2.30. The maximum absolute atomic E-state index is 13.0. The minimum absolute atomic E-state index is 0.222. The number of ether oxygens (including phenoxy) is 1. The van der Waals surface area contributed by atoms with Gasteiger partial charge in [0, 0.05) is 5.56 Å². The van der Waals surface area contributed by atoms with Gasteiger partial charge in [-0.25, -0.2) is 4.39 Å². The van der Waals surface area contributed by atoms with E-state index in [1.807, 2.05) is 24.3 Å². The first-order valence-electron chi connectivity index (χ1n) is 6.93. The molecule has 0 radical (unpaired) electrons. The van der Waals surface area contributed by atoms with Crippen LogP contribution in [0, 0.1) is 11.2 Å². The molecule has 0 fully saturated rings. The summed E-state index contributed by atoms with van der Waals surface area (Å²) in [5, 5.41) is 0. The van der Waals surface area contributed by atoms with E-state index < -0.39 is 0 Å². The standard InChI is InChI=1S/C18H21FO/c1-18(2,3)12-13-20-17-7-5-4-6-16(17)14-8-10-15(19)11-9-14/h4-11H,12-13H2,1-3H3. The van der Waals surface area contributed by atoms with Crippen LogP contribution >= 0.6 is 0 Å². The molecular formula is C18H21FO. The molecule has 0 heterocycles. The molecule has 106 valence electrons. The van der Waals surface area contributed by atoms with E-state index in [4.69, 9.17) is 4.74 Å². The van der Waals surface area contributed by atoms with E-state index in [9.17, 15) is 4.39 Å². The molecule has 2 aromatic carbocycles. The van der Waals surface area contributed by atoms with Gasteiger partial charge in [0.1, 0.15) is 11.6 Å². The van der Waals surface area contributed by atoms with Crippen LogP contribution in [0.2, 0.25) is 0 Å². The van der Waals surface area contributed by atoms with Gasteiger partial charge in [0.05, 0.1) is 6.61 Å². The summed E-state index contributed by atoms with van der Waals surface area (Å²) in [7, 11) is 0. The van der Waals surface area contributed by atoms with E-state index in [2.05, 4.69) is 20.8 Å². The van der Waals surface area contributed by atoms with E-state index in [0.717, 1.165) is 23.3 Å². The van der Waals surface area contributed by atoms with Gasteiger partial charge in [0.15, 0.2) is 0 Å². The topological polar surface area (TPSA) is 9.23 Å². The van der Waals surface area contributed by atoms with Crippen molar-refractivity contribution in [2.24, 2.45) is 5.41 Å². The second kappa shape index (κ2) is 6.08. The summed E-state index contributed by atoms with van der Waals surface area (Å²) in [6.45, 7) is 7.27. The van der Waals surface area contributed by atoms with Crippen LogP contribution < -0.4 is 4.74 Å². The lowest BCUT2D eigenvalue weighted by molar-refractivity contribution is 0.244. The normalized spacial score (nSPS) is 11.4. The zero-order valence-electron chi connectivity index (χ0n) is 12.3. The third kappa shape index (κ3) is 4.09. The van der Waals surface area contributed by atoms with Crippen LogP contribution in [0.25, 0.3) is 11.1 Å². The molecule has 0 spiro atoms. The maximum atomic E-state index is 13.0. The van der Waals surface area contributed by atoms with Crippen molar-refractivity contribution in [1.82, 2.24) is 0 Å². The first-order valence-corrected chi connectivity index (χ1v) is 6.93. The van der Waals surface area contributed by atoms with E-state index in [-0.39, 0.29) is 11.2 Å². The minimum atomic E-state index is -0.222. The van der Waals surface area contributed by atoms with Gasteiger partial charge in [-0.05, 0) is 35.6 Å². The lowest BCUT2D eigenvalue weighted by atomic mass is 9.93. The van der Waals surface area contributed by atoms with Crippen LogP contribution in [0.5, 0.6) is 5.75 Å². The first-order chi connectivity index (χ1) is 9.46. The van der Waals surface area contributed by atoms with Crippen LogP contribution in [-0.4, -0.2) is 6.61 Å². The van der Waals surface area contributed by atoms with Crippen LogP contribution in [-0.2, 0) is 0 Å². The molecule has 0 aliphatic carbocycles. The summed E-state index contributed by atoms with van der Waals surface area (Å²) in [5.74, 6) is 0.628. The first kappa shape index (κ1) is 14.6. The van der Waals surface area contributed by atoms with Gasteiger partial charge < -0.3 is 4.74 Å². The molecule has 1 nitrogen and oxygen atoms in total. The minimum Gasteiger partial charge on any atom is -0.493 e. The smallest absolute Gasteiger partial charge is 0.127 e. The second-order valence-corrected chi connectivity index (χ2v) is 6.16. The molecular weight excluding hydrogens is 251 g/mol. The van der Waals surface area contributed by atoms with E-state index >= 15 is 0 Å². The molecule has 0 atom stereocenters. The summed E-state index contributed by atoms with van der Waals surface area (Å²) >= 11 is 0. The fourth-order valence-electron chi connectivity index (χ4n) is 1.93. The van der Waals surface area contributed by atoms with Crippen LogP contribution in [0.1, 0.15) is 27.2 Å². The molecule has 0 aliphatic rings. The lowest BCUT2D eigenvalue weighted by Crippen LogP contribution is -2.11. The Hall–Kier alpha value is -1.83. The highest BCUT2D eigenvalue weighted by Gasteiger charge is 2.11. The van der Waals surface area contributed by atoms with E-state index in [1.54, 1.807) is 12.1 Å². The van der Waals surface area contributed by atoms with Crippen molar-refractivity contribution in [2.45, 2.75) is 27.2 Å². The van der Waals surface area contributed by atoms with Gasteiger partial charge in [-0.3, -0.25) is 0 Å². The van der Waals surface area contributed by atoms with E-state index in [0.29, 0.717) is 6.61 Å². The monoisotopic (exact) mass is 272 g/mol. The molecule has 0 amide bonds. The number of rotatable bonds is 4. The Morgan fingerprint density at radius 1 is 0.950 bits per heavy atom. The average molecular weight is 272 g/mol. The van der Waals surface area contributed by atoms with Crippen molar-refractivity contribution in [3.63, 3.8) is 0 Å². The Morgan fingerprint density at radius 3 is 2.25 bits per heavy atom. The molecule has 20 heavy (non-hydrogen) atoms. The summed E-state index contributed by atoms with van der Waals surface area (Å²) in [6.07, 6.45) is 0.991. The average Bonchev–Trinajstić information content (AvgIpc) is 2.39. The number of hydrogen-bond donors (Lipinski definition) is 0. The predicted octanol–water partition coefficient (Wildman–Crippen LogP) is 5.31. The zero-order valence-corrected chi connectivity index (χ0v) is 12.3. The van der Waals surface area contributed by atoms with Gasteiger partial charge in [0.2, 0.25) is 0 Å². The molecule has 0 saturated heterocycles. The Morgan fingerprint density at radius 2 is 1.60 bits per heavy atom. The second-order valence-electron chi connectivity index (χ2n) is 6.16. The number of benzene rings is 2. The van der Waals surface area contributed by atoms with Crippen molar-refractivity contribution in [1.29, 1.82) is 0 Å².